The fourth-order valence-corrected chi connectivity index (χ4v) is 1.47. The van der Waals surface area contributed by atoms with Gasteiger partial charge in [0.2, 0.25) is 5.88 Å². The highest BCUT2D eigenvalue weighted by atomic mass is 16.5. The Morgan fingerprint density at radius 3 is 2.94 bits per heavy atom. The molecular weight excluding hydrogens is 214 g/mol. The molecule has 0 spiro atoms. The summed E-state index contributed by atoms with van der Waals surface area (Å²) in [5.41, 5.74) is 7.43. The molecule has 17 heavy (non-hydrogen) atoms. The Labute approximate surface area is 99.8 Å². The van der Waals surface area contributed by atoms with E-state index in [-0.39, 0.29) is 0 Å². The third kappa shape index (κ3) is 2.81. The first-order valence-corrected chi connectivity index (χ1v) is 5.23. The number of nitrogens with zero attached hydrogens (tertiary/aromatic N) is 2. The zero-order valence-electron chi connectivity index (χ0n) is 9.34. The molecule has 0 aliphatic heterocycles. The molecule has 0 radical (unpaired) electrons. The lowest BCUT2D eigenvalue weighted by atomic mass is 10.1. The number of allylic oxidation sites excluding steroid dienone is 1. The molecule has 2 rings (SSSR count). The smallest absolute Gasteiger partial charge is 0.222 e. The molecule has 86 valence electrons. The number of hydrogen-bond acceptors (Lipinski definition) is 4. The average Bonchev–Trinajstić information content (AvgIpc) is 2.34. The second kappa shape index (κ2) is 5.12. The minimum Gasteiger partial charge on any atom is -0.439 e. The third-order valence-corrected chi connectivity index (χ3v) is 2.22. The monoisotopic (exact) mass is 227 g/mol. The van der Waals surface area contributed by atoms with Gasteiger partial charge in [-0.2, -0.15) is 0 Å². The summed E-state index contributed by atoms with van der Waals surface area (Å²) < 4.78 is 5.66. The molecule has 2 aromatic rings. The Hall–Kier alpha value is -2.36. The van der Waals surface area contributed by atoms with E-state index in [4.69, 9.17) is 10.5 Å². The topological polar surface area (TPSA) is 61.0 Å². The Kier molecular flexibility index (Phi) is 3.35. The lowest BCUT2D eigenvalue weighted by Crippen LogP contribution is -1.95. The Balaban J connectivity index is 2.29. The molecule has 0 bridgehead atoms. The van der Waals surface area contributed by atoms with E-state index in [0.717, 1.165) is 11.3 Å². The largest absolute Gasteiger partial charge is 0.439 e. The molecule has 1 heterocycles. The molecule has 0 aliphatic carbocycles. The molecule has 4 heteroatoms. The van der Waals surface area contributed by atoms with Crippen LogP contribution in [-0.4, -0.2) is 9.97 Å². The molecule has 0 saturated carbocycles. The van der Waals surface area contributed by atoms with Crippen LogP contribution in [0.25, 0.3) is 0 Å². The molecule has 2 N–H and O–H groups in total. The van der Waals surface area contributed by atoms with Gasteiger partial charge in [0, 0.05) is 23.5 Å². The van der Waals surface area contributed by atoms with Crippen molar-refractivity contribution < 1.29 is 4.74 Å². The van der Waals surface area contributed by atoms with E-state index < -0.39 is 0 Å². The molecule has 0 fully saturated rings. The van der Waals surface area contributed by atoms with E-state index in [0.29, 0.717) is 18.0 Å². The number of benzene rings is 1. The Bertz CT molecular complexity index is 511. The number of ether oxygens (including phenoxy) is 1. The van der Waals surface area contributed by atoms with Gasteiger partial charge in [-0.3, -0.25) is 0 Å². The summed E-state index contributed by atoms with van der Waals surface area (Å²) in [5.74, 6) is 1.24. The van der Waals surface area contributed by atoms with Crippen LogP contribution in [0, 0.1) is 0 Å². The van der Waals surface area contributed by atoms with Gasteiger partial charge < -0.3 is 10.5 Å². The van der Waals surface area contributed by atoms with Crippen molar-refractivity contribution in [3.05, 3.63) is 55.0 Å². The molecule has 0 saturated heterocycles. The van der Waals surface area contributed by atoms with Crippen molar-refractivity contribution in [2.75, 3.05) is 5.73 Å². The van der Waals surface area contributed by atoms with Gasteiger partial charge in [-0.15, -0.1) is 6.58 Å². The summed E-state index contributed by atoms with van der Waals surface area (Å²) in [6, 6.07) is 7.20. The van der Waals surface area contributed by atoms with Gasteiger partial charge in [-0.25, -0.2) is 9.97 Å². The highest BCUT2D eigenvalue weighted by Crippen LogP contribution is 2.26. The number of anilines is 1. The first-order chi connectivity index (χ1) is 8.29. The van der Waals surface area contributed by atoms with Crippen LogP contribution >= 0.6 is 0 Å². The number of nitrogen functional groups attached to an aromatic ring is 1. The number of aromatic nitrogens is 2. The van der Waals surface area contributed by atoms with Crippen molar-refractivity contribution in [3.8, 4) is 11.6 Å². The highest BCUT2D eigenvalue weighted by molar-refractivity contribution is 5.49. The standard InChI is InChI=1S/C13H13N3O/c1-2-3-10-8-11(14)4-5-12(10)17-13-6-7-15-9-16-13/h2,4-9H,1,3,14H2. The first-order valence-electron chi connectivity index (χ1n) is 5.23. The van der Waals surface area contributed by atoms with Crippen LogP contribution in [0.2, 0.25) is 0 Å². The SMILES string of the molecule is C=CCc1cc(N)ccc1Oc1ccncn1. The van der Waals surface area contributed by atoms with Gasteiger partial charge in [0.25, 0.3) is 0 Å². The summed E-state index contributed by atoms with van der Waals surface area (Å²) in [7, 11) is 0. The second-order valence-electron chi connectivity index (χ2n) is 3.51. The summed E-state index contributed by atoms with van der Waals surface area (Å²) in [6.45, 7) is 3.71. The summed E-state index contributed by atoms with van der Waals surface area (Å²) in [6.07, 6.45) is 5.58. The number of hydrogen-bond donors (Lipinski definition) is 1. The maximum atomic E-state index is 5.74. The maximum Gasteiger partial charge on any atom is 0.222 e. The third-order valence-electron chi connectivity index (χ3n) is 2.22. The Morgan fingerprint density at radius 2 is 2.24 bits per heavy atom. The van der Waals surface area contributed by atoms with E-state index in [9.17, 15) is 0 Å². The van der Waals surface area contributed by atoms with Crippen molar-refractivity contribution in [2.24, 2.45) is 0 Å². The van der Waals surface area contributed by atoms with E-state index in [1.54, 1.807) is 18.3 Å². The fourth-order valence-electron chi connectivity index (χ4n) is 1.47. The van der Waals surface area contributed by atoms with Crippen LogP contribution in [-0.2, 0) is 6.42 Å². The maximum absolute atomic E-state index is 5.74. The molecule has 4 nitrogen and oxygen atoms in total. The summed E-state index contributed by atoms with van der Waals surface area (Å²) in [5, 5.41) is 0. The van der Waals surface area contributed by atoms with E-state index >= 15 is 0 Å². The van der Waals surface area contributed by atoms with E-state index in [2.05, 4.69) is 16.5 Å². The van der Waals surface area contributed by atoms with Gasteiger partial charge in [0.05, 0.1) is 0 Å². The lowest BCUT2D eigenvalue weighted by molar-refractivity contribution is 0.457. The predicted molar refractivity (Wildman–Crippen MR) is 66.9 cm³/mol. The second-order valence-corrected chi connectivity index (χ2v) is 3.51. The normalized spacial score (nSPS) is 9.88. The summed E-state index contributed by atoms with van der Waals surface area (Å²) >= 11 is 0. The van der Waals surface area contributed by atoms with Gasteiger partial charge in [-0.05, 0) is 24.6 Å². The van der Waals surface area contributed by atoms with Crippen molar-refractivity contribution in [1.29, 1.82) is 0 Å². The van der Waals surface area contributed by atoms with Crippen LogP contribution < -0.4 is 10.5 Å². The van der Waals surface area contributed by atoms with Crippen LogP contribution in [0.4, 0.5) is 5.69 Å². The van der Waals surface area contributed by atoms with Crippen LogP contribution in [0.3, 0.4) is 0 Å². The summed E-state index contributed by atoms with van der Waals surface area (Å²) in [4.78, 5) is 7.84. The predicted octanol–water partition coefficient (Wildman–Crippen LogP) is 2.58. The van der Waals surface area contributed by atoms with Crippen molar-refractivity contribution in [3.63, 3.8) is 0 Å². The molecular formula is C13H13N3O. The lowest BCUT2D eigenvalue weighted by Gasteiger charge is -2.09. The van der Waals surface area contributed by atoms with Crippen LogP contribution in [0.15, 0.2) is 49.4 Å². The zero-order valence-corrected chi connectivity index (χ0v) is 9.34. The van der Waals surface area contributed by atoms with Crippen molar-refractivity contribution in [2.45, 2.75) is 6.42 Å². The zero-order chi connectivity index (χ0) is 12.1. The molecule has 0 unspecified atom stereocenters. The number of nitrogens with two attached hydrogens (primary N) is 1. The minimum atomic E-state index is 0.509. The van der Waals surface area contributed by atoms with Crippen molar-refractivity contribution in [1.82, 2.24) is 9.97 Å². The van der Waals surface area contributed by atoms with Gasteiger partial charge in [-0.1, -0.05) is 6.08 Å². The quantitative estimate of drug-likeness (QED) is 0.644. The number of rotatable bonds is 4. The average molecular weight is 227 g/mol. The van der Waals surface area contributed by atoms with Gasteiger partial charge in [0.15, 0.2) is 0 Å². The van der Waals surface area contributed by atoms with Crippen LogP contribution in [0.1, 0.15) is 5.56 Å². The highest BCUT2D eigenvalue weighted by Gasteiger charge is 2.05. The van der Waals surface area contributed by atoms with Crippen LogP contribution in [0.5, 0.6) is 11.6 Å². The Morgan fingerprint density at radius 1 is 1.35 bits per heavy atom. The van der Waals surface area contributed by atoms with E-state index in [1.165, 1.54) is 6.33 Å². The molecule has 0 atom stereocenters. The van der Waals surface area contributed by atoms with Gasteiger partial charge >= 0.3 is 0 Å². The van der Waals surface area contributed by atoms with E-state index in [1.807, 2.05) is 18.2 Å². The molecule has 0 aliphatic rings. The molecule has 1 aromatic heterocycles. The molecule has 0 amide bonds. The first kappa shape index (κ1) is 11.1. The molecule has 1 aromatic carbocycles. The van der Waals surface area contributed by atoms with Crippen molar-refractivity contribution >= 4 is 5.69 Å². The fraction of sp³-hybridized carbons (Fsp3) is 0.0769. The minimum absolute atomic E-state index is 0.509. The van der Waals surface area contributed by atoms with Gasteiger partial charge in [0.1, 0.15) is 12.1 Å².